The van der Waals surface area contributed by atoms with E-state index in [9.17, 15) is 9.59 Å². The maximum Gasteiger partial charge on any atom is 0.293 e. The average Bonchev–Trinajstić information content (AvgIpc) is 3.03. The van der Waals surface area contributed by atoms with E-state index in [1.807, 2.05) is 52.0 Å². The smallest absolute Gasteiger partial charge is 0.293 e. The Bertz CT molecular complexity index is 855. The van der Waals surface area contributed by atoms with Crippen molar-refractivity contribution in [3.05, 3.63) is 52.4 Å². The molecule has 2 aromatic heterocycles. The minimum atomic E-state index is -0.199. The Labute approximate surface area is 151 Å². The second kappa shape index (κ2) is 6.88. The highest BCUT2D eigenvalue weighted by atomic mass is 32.2. The Morgan fingerprint density at radius 2 is 2.08 bits per heavy atom. The molecule has 1 atom stereocenters. The molecule has 1 aliphatic heterocycles. The van der Waals surface area contributed by atoms with Gasteiger partial charge in [-0.25, -0.2) is 0 Å². The highest BCUT2D eigenvalue weighted by Crippen LogP contribution is 2.35. The molecule has 0 spiro atoms. The molecule has 5 nitrogen and oxygen atoms in total. The molecular weight excluding hydrogens is 334 g/mol. The number of rotatable bonds is 4. The molecule has 0 aliphatic carbocycles. The van der Waals surface area contributed by atoms with Crippen LogP contribution in [0.25, 0.3) is 11.8 Å². The first-order valence-corrected chi connectivity index (χ1v) is 9.12. The van der Waals surface area contributed by atoms with E-state index in [-0.39, 0.29) is 17.2 Å². The van der Waals surface area contributed by atoms with Crippen LogP contribution in [0.4, 0.5) is 4.79 Å². The first-order valence-electron chi connectivity index (χ1n) is 8.30. The maximum absolute atomic E-state index is 12.6. The molecule has 1 aliphatic rings. The summed E-state index contributed by atoms with van der Waals surface area (Å²) in [7, 11) is 0. The van der Waals surface area contributed by atoms with Gasteiger partial charge in [0.05, 0.1) is 16.8 Å². The molecule has 0 bridgehead atoms. The van der Waals surface area contributed by atoms with Crippen LogP contribution in [-0.2, 0) is 4.79 Å². The summed E-state index contributed by atoms with van der Waals surface area (Å²) < 4.78 is 2.09. The van der Waals surface area contributed by atoms with Crippen molar-refractivity contribution in [2.45, 2.75) is 40.2 Å². The van der Waals surface area contributed by atoms with Gasteiger partial charge in [-0.3, -0.25) is 19.5 Å². The standard InChI is InChI=1S/C19H21N3O2S/c1-5-12(2)22-18(23)17(25-19(22)24)10-15-9-13(3)21(14(15)4)16-7-6-8-20-11-16/h6-12H,5H2,1-4H3/b17-10+/t12-/m0/s1. The second-order valence-electron chi connectivity index (χ2n) is 6.18. The summed E-state index contributed by atoms with van der Waals surface area (Å²) in [6, 6.07) is 5.83. The SMILES string of the molecule is CC[C@H](C)N1C(=O)S/C(=C/c2cc(C)n(-c3cccnc3)c2C)C1=O. The van der Waals surface area contributed by atoms with Crippen molar-refractivity contribution in [1.29, 1.82) is 0 Å². The molecule has 130 valence electrons. The van der Waals surface area contributed by atoms with E-state index < -0.39 is 0 Å². The van der Waals surface area contributed by atoms with E-state index in [1.54, 1.807) is 12.4 Å². The van der Waals surface area contributed by atoms with Crippen LogP contribution >= 0.6 is 11.8 Å². The molecule has 3 heterocycles. The number of hydrogen-bond acceptors (Lipinski definition) is 4. The Morgan fingerprint density at radius 3 is 2.72 bits per heavy atom. The zero-order valence-corrected chi connectivity index (χ0v) is 15.6. The summed E-state index contributed by atoms with van der Waals surface area (Å²) in [5.74, 6) is -0.199. The third-order valence-corrected chi connectivity index (χ3v) is 5.40. The highest BCUT2D eigenvalue weighted by Gasteiger charge is 2.37. The summed E-state index contributed by atoms with van der Waals surface area (Å²) in [4.78, 5) is 30.8. The van der Waals surface area contributed by atoms with Crippen LogP contribution in [0.3, 0.4) is 0 Å². The van der Waals surface area contributed by atoms with Crippen LogP contribution in [0.15, 0.2) is 35.5 Å². The van der Waals surface area contributed by atoms with Crippen molar-refractivity contribution in [1.82, 2.24) is 14.5 Å². The highest BCUT2D eigenvalue weighted by molar-refractivity contribution is 8.18. The number of aromatic nitrogens is 2. The van der Waals surface area contributed by atoms with Gasteiger partial charge in [0.25, 0.3) is 11.1 Å². The van der Waals surface area contributed by atoms with Crippen molar-refractivity contribution in [3.63, 3.8) is 0 Å². The summed E-state index contributed by atoms with van der Waals surface area (Å²) in [6.45, 7) is 7.89. The molecule has 2 aromatic rings. The van der Waals surface area contributed by atoms with E-state index in [0.717, 1.165) is 40.8 Å². The first-order chi connectivity index (χ1) is 11.9. The fourth-order valence-electron chi connectivity index (χ4n) is 3.00. The van der Waals surface area contributed by atoms with Gasteiger partial charge < -0.3 is 4.57 Å². The Kier molecular flexibility index (Phi) is 4.81. The third kappa shape index (κ3) is 3.14. The van der Waals surface area contributed by atoms with Crippen molar-refractivity contribution in [2.24, 2.45) is 0 Å². The monoisotopic (exact) mass is 355 g/mol. The molecule has 0 unspecified atom stereocenters. The summed E-state index contributed by atoms with van der Waals surface area (Å²) in [5, 5.41) is -0.188. The molecule has 25 heavy (non-hydrogen) atoms. The largest absolute Gasteiger partial charge is 0.316 e. The van der Waals surface area contributed by atoms with E-state index in [0.29, 0.717) is 4.91 Å². The van der Waals surface area contributed by atoms with Crippen LogP contribution in [0.5, 0.6) is 0 Å². The summed E-state index contributed by atoms with van der Waals surface area (Å²) in [5.41, 5.74) is 3.99. The number of carbonyl (C=O) groups excluding carboxylic acids is 2. The molecule has 2 amide bonds. The predicted molar refractivity (Wildman–Crippen MR) is 101 cm³/mol. The number of aryl methyl sites for hydroxylation is 1. The lowest BCUT2D eigenvalue weighted by Gasteiger charge is -2.19. The fourth-order valence-corrected chi connectivity index (χ4v) is 3.92. The van der Waals surface area contributed by atoms with Gasteiger partial charge in [-0.05, 0) is 68.8 Å². The lowest BCUT2D eigenvalue weighted by atomic mass is 10.2. The van der Waals surface area contributed by atoms with Crippen LogP contribution in [-0.4, -0.2) is 31.6 Å². The fraction of sp³-hybridized carbons (Fsp3) is 0.316. The molecule has 0 saturated carbocycles. The number of pyridine rings is 1. The van der Waals surface area contributed by atoms with Crippen LogP contribution < -0.4 is 0 Å². The van der Waals surface area contributed by atoms with Crippen LogP contribution in [0, 0.1) is 13.8 Å². The second-order valence-corrected chi connectivity index (χ2v) is 7.18. The molecular formula is C19H21N3O2S. The number of nitrogens with zero attached hydrogens (tertiary/aromatic N) is 3. The summed E-state index contributed by atoms with van der Waals surface area (Å²) in [6.07, 6.45) is 6.12. The molecule has 3 rings (SSSR count). The minimum Gasteiger partial charge on any atom is -0.316 e. The minimum absolute atomic E-state index is 0.0822. The van der Waals surface area contributed by atoms with Gasteiger partial charge in [-0.2, -0.15) is 0 Å². The topological polar surface area (TPSA) is 55.2 Å². The Morgan fingerprint density at radius 1 is 1.32 bits per heavy atom. The van der Waals surface area contributed by atoms with Crippen molar-refractivity contribution >= 4 is 29.0 Å². The van der Waals surface area contributed by atoms with E-state index in [2.05, 4.69) is 9.55 Å². The molecule has 0 N–H and O–H groups in total. The third-order valence-electron chi connectivity index (χ3n) is 4.52. The number of imide groups is 1. The van der Waals surface area contributed by atoms with Crippen molar-refractivity contribution in [3.8, 4) is 5.69 Å². The Hall–Kier alpha value is -2.34. The molecule has 1 fully saturated rings. The number of hydrogen-bond donors (Lipinski definition) is 0. The lowest BCUT2D eigenvalue weighted by molar-refractivity contribution is -0.124. The van der Waals surface area contributed by atoms with Gasteiger partial charge in [0, 0.05) is 23.6 Å². The average molecular weight is 355 g/mol. The lowest BCUT2D eigenvalue weighted by Crippen LogP contribution is -2.36. The normalized spacial score (nSPS) is 17.6. The zero-order chi connectivity index (χ0) is 18.1. The number of thioether (sulfide) groups is 1. The number of amides is 2. The van der Waals surface area contributed by atoms with Crippen molar-refractivity contribution in [2.75, 3.05) is 0 Å². The van der Waals surface area contributed by atoms with Crippen LogP contribution in [0.2, 0.25) is 0 Å². The van der Waals surface area contributed by atoms with Gasteiger partial charge in [-0.15, -0.1) is 0 Å². The maximum atomic E-state index is 12.6. The molecule has 6 heteroatoms. The van der Waals surface area contributed by atoms with Crippen LogP contribution in [0.1, 0.15) is 37.2 Å². The van der Waals surface area contributed by atoms with Crippen molar-refractivity contribution < 1.29 is 9.59 Å². The Balaban J connectivity index is 1.98. The van der Waals surface area contributed by atoms with Gasteiger partial charge in [0.1, 0.15) is 0 Å². The van der Waals surface area contributed by atoms with Gasteiger partial charge >= 0.3 is 0 Å². The van der Waals surface area contributed by atoms with E-state index in [1.165, 1.54) is 4.90 Å². The van der Waals surface area contributed by atoms with Gasteiger partial charge in [0.15, 0.2) is 0 Å². The molecule has 0 aromatic carbocycles. The van der Waals surface area contributed by atoms with E-state index in [4.69, 9.17) is 0 Å². The zero-order valence-electron chi connectivity index (χ0n) is 14.8. The van der Waals surface area contributed by atoms with Gasteiger partial charge in [-0.1, -0.05) is 6.92 Å². The number of carbonyl (C=O) groups is 2. The predicted octanol–water partition coefficient (Wildman–Crippen LogP) is 4.32. The van der Waals surface area contributed by atoms with E-state index >= 15 is 0 Å². The molecule has 1 saturated heterocycles. The quantitative estimate of drug-likeness (QED) is 0.766. The first kappa shape index (κ1) is 17.5. The summed E-state index contributed by atoms with van der Waals surface area (Å²) >= 11 is 1.02. The van der Waals surface area contributed by atoms with Gasteiger partial charge in [0.2, 0.25) is 0 Å². The molecule has 0 radical (unpaired) electrons.